The highest BCUT2D eigenvalue weighted by Gasteiger charge is 2.32. The van der Waals surface area contributed by atoms with Gasteiger partial charge in [0.25, 0.3) is 0 Å². The minimum Gasteiger partial charge on any atom is -0.355 e. The van der Waals surface area contributed by atoms with Gasteiger partial charge in [-0.15, -0.1) is 0 Å². The van der Waals surface area contributed by atoms with Crippen molar-refractivity contribution in [1.82, 2.24) is 10.6 Å². The lowest BCUT2D eigenvalue weighted by atomic mass is 10.1. The number of amides is 1. The van der Waals surface area contributed by atoms with Crippen molar-refractivity contribution in [3.8, 4) is 0 Å². The minimum atomic E-state index is 0.216. The van der Waals surface area contributed by atoms with Gasteiger partial charge in [0, 0.05) is 19.0 Å². The van der Waals surface area contributed by atoms with E-state index in [0.29, 0.717) is 5.92 Å². The van der Waals surface area contributed by atoms with Gasteiger partial charge in [-0.05, 0) is 25.8 Å². The normalized spacial score (nSPS) is 18.8. The van der Waals surface area contributed by atoms with Gasteiger partial charge in [-0.2, -0.15) is 0 Å². The Kier molecular flexibility index (Phi) is 3.53. The van der Waals surface area contributed by atoms with E-state index < -0.39 is 0 Å². The molecule has 1 aliphatic carbocycles. The van der Waals surface area contributed by atoms with E-state index >= 15 is 0 Å². The number of carbonyl (C=O) groups is 1. The first-order valence-electron chi connectivity index (χ1n) is 4.68. The van der Waals surface area contributed by atoms with Gasteiger partial charge in [-0.25, -0.2) is 0 Å². The molecule has 0 aliphatic heterocycles. The molecule has 1 amide bonds. The van der Waals surface area contributed by atoms with Gasteiger partial charge < -0.3 is 10.6 Å². The number of rotatable bonds is 5. The summed E-state index contributed by atoms with van der Waals surface area (Å²) in [5.74, 6) is 1.11. The molecule has 0 spiro atoms. The van der Waals surface area contributed by atoms with E-state index in [1.807, 2.05) is 14.0 Å². The lowest BCUT2D eigenvalue weighted by Gasteiger charge is -2.10. The van der Waals surface area contributed by atoms with E-state index in [2.05, 4.69) is 10.6 Å². The summed E-state index contributed by atoms with van der Waals surface area (Å²) in [6.45, 7) is 3.61. The van der Waals surface area contributed by atoms with Crippen LogP contribution in [0.25, 0.3) is 0 Å². The molecule has 3 heteroatoms. The Bertz CT molecular complexity index is 155. The number of hydrogen-bond acceptors (Lipinski definition) is 2. The topological polar surface area (TPSA) is 41.1 Å². The quantitative estimate of drug-likeness (QED) is 0.585. The summed E-state index contributed by atoms with van der Waals surface area (Å²) in [7, 11) is 1.89. The average molecular weight is 170 g/mol. The van der Waals surface area contributed by atoms with Crippen LogP contribution >= 0.6 is 0 Å². The van der Waals surface area contributed by atoms with Crippen molar-refractivity contribution in [3.63, 3.8) is 0 Å². The second-order valence-corrected chi connectivity index (χ2v) is 3.52. The third-order valence-corrected chi connectivity index (χ3v) is 2.42. The maximum absolute atomic E-state index is 11.4. The van der Waals surface area contributed by atoms with E-state index in [-0.39, 0.29) is 11.8 Å². The van der Waals surface area contributed by atoms with E-state index in [0.717, 1.165) is 13.1 Å². The summed E-state index contributed by atoms with van der Waals surface area (Å²) < 4.78 is 0. The monoisotopic (exact) mass is 170 g/mol. The van der Waals surface area contributed by atoms with E-state index in [1.54, 1.807) is 0 Å². The van der Waals surface area contributed by atoms with Gasteiger partial charge >= 0.3 is 0 Å². The lowest BCUT2D eigenvalue weighted by Crippen LogP contribution is -2.34. The molecule has 0 heterocycles. The van der Waals surface area contributed by atoms with Crippen LogP contribution < -0.4 is 10.6 Å². The fourth-order valence-electron chi connectivity index (χ4n) is 1.28. The minimum absolute atomic E-state index is 0.216. The highest BCUT2D eigenvalue weighted by atomic mass is 16.1. The molecular weight excluding hydrogens is 152 g/mol. The average Bonchev–Trinajstić information content (AvgIpc) is 2.86. The van der Waals surface area contributed by atoms with Gasteiger partial charge in [0.05, 0.1) is 0 Å². The van der Waals surface area contributed by atoms with Crippen LogP contribution in [0.1, 0.15) is 19.8 Å². The van der Waals surface area contributed by atoms with E-state index in [1.165, 1.54) is 12.8 Å². The molecule has 1 rings (SSSR count). The molecule has 0 radical (unpaired) electrons. The first-order chi connectivity index (χ1) is 5.75. The van der Waals surface area contributed by atoms with Crippen molar-refractivity contribution in [2.45, 2.75) is 19.8 Å². The number of nitrogens with one attached hydrogen (secondary N) is 2. The Balaban J connectivity index is 2.09. The Morgan fingerprint density at radius 2 is 2.17 bits per heavy atom. The van der Waals surface area contributed by atoms with Crippen LogP contribution in [0.15, 0.2) is 0 Å². The molecule has 0 saturated heterocycles. The van der Waals surface area contributed by atoms with Crippen LogP contribution in [0.3, 0.4) is 0 Å². The molecule has 2 N–H and O–H groups in total. The first-order valence-corrected chi connectivity index (χ1v) is 4.68. The zero-order valence-electron chi connectivity index (χ0n) is 7.89. The fraction of sp³-hybridized carbons (Fsp3) is 0.889. The van der Waals surface area contributed by atoms with Crippen molar-refractivity contribution in [1.29, 1.82) is 0 Å². The van der Waals surface area contributed by atoms with Crippen LogP contribution in [0.2, 0.25) is 0 Å². The predicted octanol–water partition coefficient (Wildman–Crippen LogP) is 0.368. The largest absolute Gasteiger partial charge is 0.355 e. The summed E-state index contributed by atoms with van der Waals surface area (Å²) >= 11 is 0. The maximum atomic E-state index is 11.4. The van der Waals surface area contributed by atoms with Crippen LogP contribution in [0.4, 0.5) is 0 Å². The second kappa shape index (κ2) is 4.45. The second-order valence-electron chi connectivity index (χ2n) is 3.52. The smallest absolute Gasteiger partial charge is 0.223 e. The summed E-state index contributed by atoms with van der Waals surface area (Å²) in [4.78, 5) is 11.4. The molecule has 0 bridgehead atoms. The highest BCUT2D eigenvalue weighted by molar-refractivity contribution is 5.78. The number of hydrogen-bond donors (Lipinski definition) is 2. The molecule has 70 valence electrons. The predicted molar refractivity (Wildman–Crippen MR) is 48.8 cm³/mol. The Morgan fingerprint density at radius 3 is 2.67 bits per heavy atom. The molecule has 12 heavy (non-hydrogen) atoms. The zero-order valence-corrected chi connectivity index (χ0v) is 7.89. The van der Waals surface area contributed by atoms with Crippen LogP contribution in [0, 0.1) is 11.8 Å². The molecule has 3 nitrogen and oxygen atoms in total. The Hall–Kier alpha value is -0.570. The number of likely N-dealkylation sites (N-methyl/N-ethyl adjacent to an activating group) is 1. The zero-order chi connectivity index (χ0) is 8.97. The summed E-state index contributed by atoms with van der Waals surface area (Å²) in [5, 5.41) is 5.90. The molecule has 1 saturated carbocycles. The van der Waals surface area contributed by atoms with Crippen molar-refractivity contribution >= 4 is 5.91 Å². The third-order valence-electron chi connectivity index (χ3n) is 2.42. The van der Waals surface area contributed by atoms with Gasteiger partial charge in [-0.3, -0.25) is 4.79 Å². The fourth-order valence-corrected chi connectivity index (χ4v) is 1.28. The molecule has 1 atom stereocenters. The SMILES string of the molecule is CNCCNC(=O)C(C)C1CC1. The molecular formula is C9H18N2O. The van der Waals surface area contributed by atoms with Crippen molar-refractivity contribution < 1.29 is 4.79 Å². The molecule has 0 aromatic rings. The maximum Gasteiger partial charge on any atom is 0.223 e. The Morgan fingerprint density at radius 1 is 1.50 bits per heavy atom. The van der Waals surface area contributed by atoms with Crippen LogP contribution in [-0.4, -0.2) is 26.0 Å². The standard InChI is InChI=1S/C9H18N2O/c1-7(8-3-4-8)9(12)11-6-5-10-2/h7-8,10H,3-6H2,1-2H3,(H,11,12). The van der Waals surface area contributed by atoms with Crippen molar-refractivity contribution in [2.75, 3.05) is 20.1 Å². The molecule has 0 aromatic carbocycles. The molecule has 0 aromatic heterocycles. The van der Waals surface area contributed by atoms with Crippen LogP contribution in [0.5, 0.6) is 0 Å². The van der Waals surface area contributed by atoms with Crippen molar-refractivity contribution in [3.05, 3.63) is 0 Å². The molecule has 1 fully saturated rings. The third kappa shape index (κ3) is 2.81. The molecule has 1 aliphatic rings. The first kappa shape index (κ1) is 9.52. The van der Waals surface area contributed by atoms with Crippen molar-refractivity contribution in [2.24, 2.45) is 11.8 Å². The number of carbonyl (C=O) groups excluding carboxylic acids is 1. The van der Waals surface area contributed by atoms with E-state index in [4.69, 9.17) is 0 Å². The van der Waals surface area contributed by atoms with Crippen LogP contribution in [-0.2, 0) is 4.79 Å². The Labute approximate surface area is 73.9 Å². The highest BCUT2D eigenvalue weighted by Crippen LogP contribution is 2.36. The van der Waals surface area contributed by atoms with Gasteiger partial charge in [0.15, 0.2) is 0 Å². The van der Waals surface area contributed by atoms with E-state index in [9.17, 15) is 4.79 Å². The lowest BCUT2D eigenvalue weighted by molar-refractivity contribution is -0.125. The van der Waals surface area contributed by atoms with Gasteiger partial charge in [0.1, 0.15) is 0 Å². The molecule has 1 unspecified atom stereocenters. The summed E-state index contributed by atoms with van der Waals surface area (Å²) in [6.07, 6.45) is 2.47. The van der Waals surface area contributed by atoms with Gasteiger partial charge in [-0.1, -0.05) is 6.92 Å². The summed E-state index contributed by atoms with van der Waals surface area (Å²) in [5.41, 5.74) is 0. The van der Waals surface area contributed by atoms with Gasteiger partial charge in [0.2, 0.25) is 5.91 Å². The summed E-state index contributed by atoms with van der Waals surface area (Å²) in [6, 6.07) is 0.